The summed E-state index contributed by atoms with van der Waals surface area (Å²) in [6.07, 6.45) is 1.92. The molecule has 0 spiro atoms. The quantitative estimate of drug-likeness (QED) is 0.622. The van der Waals surface area contributed by atoms with Crippen LogP contribution in [0, 0.1) is 6.92 Å². The summed E-state index contributed by atoms with van der Waals surface area (Å²) in [6, 6.07) is 14.7. The Labute approximate surface area is 127 Å². The number of benzene rings is 1. The van der Waals surface area contributed by atoms with E-state index >= 15 is 0 Å². The minimum Gasteiger partial charge on any atom is -0.378 e. The summed E-state index contributed by atoms with van der Waals surface area (Å²) in [5, 5.41) is 4.65. The van der Waals surface area contributed by atoms with E-state index in [1.807, 2.05) is 25.0 Å². The smallest absolute Gasteiger partial charge is 0.217 e. The highest BCUT2D eigenvalue weighted by Crippen LogP contribution is 2.12. The van der Waals surface area contributed by atoms with Crippen molar-refractivity contribution in [1.29, 1.82) is 0 Å². The Balaban J connectivity index is 2.29. The molecular weight excluding hydrogens is 258 g/mol. The Morgan fingerprint density at radius 2 is 1.71 bits per heavy atom. The average Bonchev–Trinajstić information content (AvgIpc) is 2.46. The molecule has 0 radical (unpaired) electrons. The van der Waals surface area contributed by atoms with Gasteiger partial charge in [-0.05, 0) is 28.9 Å². The zero-order valence-electron chi connectivity index (χ0n) is 13.5. The molecule has 0 saturated heterocycles. The number of nitrogens with zero attached hydrogens (tertiary/aromatic N) is 3. The molecule has 2 rings (SSSR count). The molecule has 21 heavy (non-hydrogen) atoms. The third kappa shape index (κ3) is 3.69. The summed E-state index contributed by atoms with van der Waals surface area (Å²) in [7, 11) is 4.09. The fourth-order valence-electron chi connectivity index (χ4n) is 2.21. The zero-order chi connectivity index (χ0) is 15.4. The van der Waals surface area contributed by atoms with Crippen molar-refractivity contribution in [3.8, 4) is 0 Å². The molecule has 0 atom stereocenters. The van der Waals surface area contributed by atoms with E-state index in [1.165, 1.54) is 11.4 Å². The summed E-state index contributed by atoms with van der Waals surface area (Å²) in [5.41, 5.74) is 4.66. The number of rotatable bonds is 4. The van der Waals surface area contributed by atoms with Gasteiger partial charge in [-0.3, -0.25) is 0 Å². The van der Waals surface area contributed by atoms with Crippen molar-refractivity contribution >= 4 is 11.9 Å². The first-order chi connectivity index (χ1) is 9.99. The first-order valence-corrected chi connectivity index (χ1v) is 7.32. The van der Waals surface area contributed by atoms with Crippen LogP contribution in [0.15, 0.2) is 47.6 Å². The van der Waals surface area contributed by atoms with Gasteiger partial charge in [-0.1, -0.05) is 30.7 Å². The maximum Gasteiger partial charge on any atom is 0.217 e. The summed E-state index contributed by atoms with van der Waals surface area (Å²) >= 11 is 0. The fraction of sp³-hybridized carbons (Fsp3) is 0.333. The van der Waals surface area contributed by atoms with Crippen LogP contribution < -0.4 is 9.58 Å². The zero-order valence-corrected chi connectivity index (χ0v) is 13.5. The van der Waals surface area contributed by atoms with Gasteiger partial charge in [0.05, 0.1) is 0 Å². The number of aryl methyl sites for hydroxylation is 1. The molecule has 0 saturated carbocycles. The van der Waals surface area contributed by atoms with Crippen LogP contribution >= 0.6 is 0 Å². The Morgan fingerprint density at radius 3 is 2.29 bits per heavy atom. The molecule has 0 aliphatic heterocycles. The molecule has 0 aliphatic carbocycles. The van der Waals surface area contributed by atoms with Crippen molar-refractivity contribution in [3.63, 3.8) is 0 Å². The van der Waals surface area contributed by atoms with Gasteiger partial charge in [-0.25, -0.2) is 0 Å². The van der Waals surface area contributed by atoms with Gasteiger partial charge < -0.3 is 4.90 Å². The van der Waals surface area contributed by atoms with Crippen LogP contribution in [0.2, 0.25) is 0 Å². The molecule has 2 aromatic rings. The average molecular weight is 282 g/mol. The number of anilines is 1. The van der Waals surface area contributed by atoms with Crippen molar-refractivity contribution < 1.29 is 4.68 Å². The minimum absolute atomic E-state index is 0.443. The summed E-state index contributed by atoms with van der Waals surface area (Å²) in [5.74, 6) is 0.443. The number of hydrogen-bond acceptors (Lipinski definition) is 2. The predicted octanol–water partition coefficient (Wildman–Crippen LogP) is 3.35. The first kappa shape index (κ1) is 15.2. The standard InChI is InChI=1S/C18H24N3/c1-14(2)18-8-6-7-15(3)21(18)19-13-16-9-11-17(12-10-16)20(4)5/h6-14H,1-5H3/q+1. The second-order valence-corrected chi connectivity index (χ2v) is 5.79. The van der Waals surface area contributed by atoms with Crippen molar-refractivity contribution in [2.24, 2.45) is 5.10 Å². The second kappa shape index (κ2) is 6.53. The van der Waals surface area contributed by atoms with E-state index in [4.69, 9.17) is 0 Å². The molecule has 0 N–H and O–H groups in total. The van der Waals surface area contributed by atoms with Gasteiger partial charge in [-0.15, -0.1) is 0 Å². The van der Waals surface area contributed by atoms with Gasteiger partial charge in [0.2, 0.25) is 11.4 Å². The van der Waals surface area contributed by atoms with Crippen LogP contribution in [0.5, 0.6) is 0 Å². The summed E-state index contributed by atoms with van der Waals surface area (Å²) in [4.78, 5) is 2.09. The molecule has 3 heteroatoms. The van der Waals surface area contributed by atoms with E-state index in [0.29, 0.717) is 5.92 Å². The lowest BCUT2D eigenvalue weighted by Crippen LogP contribution is -2.37. The van der Waals surface area contributed by atoms with Gasteiger partial charge in [0.1, 0.15) is 6.21 Å². The molecule has 1 heterocycles. The third-order valence-electron chi connectivity index (χ3n) is 3.51. The van der Waals surface area contributed by atoms with Gasteiger partial charge >= 0.3 is 0 Å². The van der Waals surface area contributed by atoms with Crippen LogP contribution in [0.25, 0.3) is 0 Å². The topological polar surface area (TPSA) is 19.5 Å². The van der Waals surface area contributed by atoms with Gasteiger partial charge in [0.15, 0.2) is 0 Å². The van der Waals surface area contributed by atoms with Crippen molar-refractivity contribution in [2.75, 3.05) is 19.0 Å². The highest BCUT2D eigenvalue weighted by atomic mass is 15.3. The molecule has 110 valence electrons. The molecule has 1 aromatic carbocycles. The Kier molecular flexibility index (Phi) is 4.73. The van der Waals surface area contributed by atoms with Crippen molar-refractivity contribution in [1.82, 2.24) is 0 Å². The number of pyridine rings is 1. The van der Waals surface area contributed by atoms with Crippen molar-refractivity contribution in [2.45, 2.75) is 26.7 Å². The number of aromatic nitrogens is 1. The highest BCUT2D eigenvalue weighted by molar-refractivity contribution is 5.79. The van der Waals surface area contributed by atoms with E-state index in [1.54, 1.807) is 0 Å². The van der Waals surface area contributed by atoms with E-state index in [9.17, 15) is 0 Å². The van der Waals surface area contributed by atoms with E-state index < -0.39 is 0 Å². The molecule has 0 unspecified atom stereocenters. The normalized spacial score (nSPS) is 11.3. The van der Waals surface area contributed by atoms with Gasteiger partial charge in [0, 0.05) is 44.8 Å². The Hall–Kier alpha value is -2.16. The van der Waals surface area contributed by atoms with Crippen LogP contribution in [0.1, 0.15) is 36.7 Å². The third-order valence-corrected chi connectivity index (χ3v) is 3.51. The van der Waals surface area contributed by atoms with Gasteiger partial charge in [-0.2, -0.15) is 0 Å². The lowest BCUT2D eigenvalue weighted by molar-refractivity contribution is -0.692. The minimum atomic E-state index is 0.443. The molecule has 1 aromatic heterocycles. The lowest BCUT2D eigenvalue weighted by atomic mass is 10.1. The van der Waals surface area contributed by atoms with Crippen LogP contribution in [0.3, 0.4) is 0 Å². The molecule has 0 amide bonds. The molecule has 0 fully saturated rings. The van der Waals surface area contributed by atoms with Crippen LogP contribution in [-0.2, 0) is 0 Å². The second-order valence-electron chi connectivity index (χ2n) is 5.79. The van der Waals surface area contributed by atoms with Gasteiger partial charge in [0.25, 0.3) is 0 Å². The molecule has 0 bridgehead atoms. The number of hydrogen-bond donors (Lipinski definition) is 0. The van der Waals surface area contributed by atoms with Crippen molar-refractivity contribution in [3.05, 3.63) is 59.4 Å². The maximum absolute atomic E-state index is 4.65. The first-order valence-electron chi connectivity index (χ1n) is 7.32. The Bertz CT molecular complexity index is 625. The fourth-order valence-corrected chi connectivity index (χ4v) is 2.21. The maximum atomic E-state index is 4.65. The largest absolute Gasteiger partial charge is 0.378 e. The molecule has 0 aliphatic rings. The SMILES string of the molecule is Cc1cccc(C(C)C)[n+]1N=Cc1ccc(N(C)C)cc1. The predicted molar refractivity (Wildman–Crippen MR) is 89.2 cm³/mol. The van der Waals surface area contributed by atoms with E-state index in [2.05, 4.69) is 73.2 Å². The highest BCUT2D eigenvalue weighted by Gasteiger charge is 2.16. The van der Waals surface area contributed by atoms with E-state index in [0.717, 1.165) is 11.3 Å². The summed E-state index contributed by atoms with van der Waals surface area (Å²) in [6.45, 7) is 6.46. The van der Waals surface area contributed by atoms with Crippen LogP contribution in [0.4, 0.5) is 5.69 Å². The molecular formula is C18H24N3+. The monoisotopic (exact) mass is 282 g/mol. The van der Waals surface area contributed by atoms with E-state index in [-0.39, 0.29) is 0 Å². The van der Waals surface area contributed by atoms with Crippen LogP contribution in [-0.4, -0.2) is 20.3 Å². The Morgan fingerprint density at radius 1 is 1.05 bits per heavy atom. The lowest BCUT2D eigenvalue weighted by Gasteiger charge is -2.11. The summed E-state index contributed by atoms with van der Waals surface area (Å²) < 4.78 is 2.02. The molecule has 3 nitrogen and oxygen atoms in total.